The van der Waals surface area contributed by atoms with Crippen molar-refractivity contribution < 1.29 is 9.59 Å². The number of para-hydroxylation sites is 1. The van der Waals surface area contributed by atoms with Crippen LogP contribution >= 0.6 is 35.0 Å². The van der Waals surface area contributed by atoms with Crippen molar-refractivity contribution in [2.45, 2.75) is 19.8 Å². The van der Waals surface area contributed by atoms with E-state index >= 15 is 0 Å². The number of nitrogens with zero attached hydrogens (tertiary/aromatic N) is 1. The number of nitriles is 1. The van der Waals surface area contributed by atoms with E-state index < -0.39 is 5.92 Å². The summed E-state index contributed by atoms with van der Waals surface area (Å²) in [6, 6.07) is 16.3. The molecule has 158 valence electrons. The molecule has 1 aliphatic rings. The number of ketones is 1. The minimum absolute atomic E-state index is 0.0642. The Bertz CT molecular complexity index is 1130. The number of anilines is 1. The minimum Gasteiger partial charge on any atom is -0.353 e. The van der Waals surface area contributed by atoms with Crippen LogP contribution in [0.2, 0.25) is 10.0 Å². The Kier molecular flexibility index (Phi) is 7.45. The lowest BCUT2D eigenvalue weighted by atomic mass is 9.81. The van der Waals surface area contributed by atoms with Crippen LogP contribution in [0.3, 0.4) is 0 Å². The first kappa shape index (κ1) is 23.0. The van der Waals surface area contributed by atoms with Crippen molar-refractivity contribution in [2.75, 3.05) is 11.1 Å². The van der Waals surface area contributed by atoms with Gasteiger partial charge in [-0.3, -0.25) is 9.59 Å². The zero-order valence-electron chi connectivity index (χ0n) is 16.8. The molecule has 3 rings (SSSR count). The standard InChI is InChI=1S/C23H19Cl2N3O2S/c1-13-21(14(2)29)22(15-7-9-16(24)10-8-15)17(11-26)23(27-13)31-12-20(30)28-19-6-4-3-5-18(19)25/h3-10,22,27H,12H2,1-2H3,(H,28,30). The second-order valence-electron chi connectivity index (χ2n) is 6.88. The molecule has 0 aromatic heterocycles. The molecule has 5 nitrogen and oxygen atoms in total. The molecule has 2 aromatic carbocycles. The minimum atomic E-state index is -0.532. The zero-order chi connectivity index (χ0) is 22.5. The predicted octanol–water partition coefficient (Wildman–Crippen LogP) is 5.65. The monoisotopic (exact) mass is 471 g/mol. The number of hydrogen-bond acceptors (Lipinski definition) is 5. The molecule has 31 heavy (non-hydrogen) atoms. The average Bonchev–Trinajstić information content (AvgIpc) is 2.73. The molecule has 2 N–H and O–H groups in total. The van der Waals surface area contributed by atoms with E-state index in [2.05, 4.69) is 16.7 Å². The topological polar surface area (TPSA) is 82.0 Å². The Labute approximate surface area is 195 Å². The highest BCUT2D eigenvalue weighted by molar-refractivity contribution is 8.03. The Balaban J connectivity index is 1.88. The van der Waals surface area contributed by atoms with Crippen LogP contribution in [-0.4, -0.2) is 17.4 Å². The Morgan fingerprint density at radius 2 is 1.84 bits per heavy atom. The molecule has 1 heterocycles. The summed E-state index contributed by atoms with van der Waals surface area (Å²) in [7, 11) is 0. The smallest absolute Gasteiger partial charge is 0.234 e. The highest BCUT2D eigenvalue weighted by Crippen LogP contribution is 2.41. The van der Waals surface area contributed by atoms with Gasteiger partial charge in [-0.05, 0) is 43.7 Å². The number of carbonyl (C=O) groups is 2. The van der Waals surface area contributed by atoms with Crippen LogP contribution in [0.1, 0.15) is 25.3 Å². The number of dihydropyridines is 1. The maximum Gasteiger partial charge on any atom is 0.234 e. The van der Waals surface area contributed by atoms with Crippen LogP contribution in [0.5, 0.6) is 0 Å². The van der Waals surface area contributed by atoms with E-state index in [1.54, 1.807) is 55.5 Å². The van der Waals surface area contributed by atoms with Gasteiger partial charge in [0, 0.05) is 16.3 Å². The number of Topliss-reactive ketones (excluding diaryl/α,β-unsaturated/α-hetero) is 1. The van der Waals surface area contributed by atoms with Gasteiger partial charge in [0.15, 0.2) is 5.78 Å². The van der Waals surface area contributed by atoms with E-state index in [0.29, 0.717) is 37.6 Å². The van der Waals surface area contributed by atoms with E-state index in [1.807, 2.05) is 0 Å². The van der Waals surface area contributed by atoms with Crippen molar-refractivity contribution in [3.8, 4) is 6.07 Å². The summed E-state index contributed by atoms with van der Waals surface area (Å²) in [6.07, 6.45) is 0. The molecule has 0 saturated heterocycles. The van der Waals surface area contributed by atoms with Gasteiger partial charge < -0.3 is 10.6 Å². The number of benzene rings is 2. The van der Waals surface area contributed by atoms with Gasteiger partial charge in [0.05, 0.1) is 39.1 Å². The van der Waals surface area contributed by atoms with Crippen molar-refractivity contribution in [1.82, 2.24) is 5.32 Å². The molecule has 8 heteroatoms. The molecule has 0 spiro atoms. The molecular weight excluding hydrogens is 453 g/mol. The van der Waals surface area contributed by atoms with Gasteiger partial charge in [0.25, 0.3) is 0 Å². The third-order valence-corrected chi connectivity index (χ3v) is 6.32. The number of amides is 1. The molecule has 0 saturated carbocycles. The molecule has 1 unspecified atom stereocenters. The Hall–Kier alpha value is -2.72. The number of carbonyl (C=O) groups excluding carboxylic acids is 2. The van der Waals surface area contributed by atoms with E-state index in [0.717, 1.165) is 5.56 Å². The van der Waals surface area contributed by atoms with Crippen molar-refractivity contribution in [3.05, 3.63) is 86.0 Å². The third kappa shape index (κ3) is 5.31. The predicted molar refractivity (Wildman–Crippen MR) is 126 cm³/mol. The van der Waals surface area contributed by atoms with Crippen LogP contribution < -0.4 is 10.6 Å². The fraction of sp³-hybridized carbons (Fsp3) is 0.174. The summed E-state index contributed by atoms with van der Waals surface area (Å²) >= 11 is 13.3. The SMILES string of the molecule is CC(=O)C1=C(C)NC(SCC(=O)Nc2ccccc2Cl)=C(C#N)C1c1ccc(Cl)cc1. The van der Waals surface area contributed by atoms with Crippen LogP contribution in [0.25, 0.3) is 0 Å². The molecule has 2 aromatic rings. The maximum atomic E-state index is 12.4. The maximum absolute atomic E-state index is 12.4. The van der Waals surface area contributed by atoms with Crippen LogP contribution in [0.4, 0.5) is 5.69 Å². The molecule has 1 atom stereocenters. The first-order valence-corrected chi connectivity index (χ1v) is 11.1. The van der Waals surface area contributed by atoms with E-state index in [1.165, 1.54) is 18.7 Å². The van der Waals surface area contributed by atoms with Gasteiger partial charge in [-0.1, -0.05) is 59.2 Å². The second kappa shape index (κ2) is 10.1. The number of hydrogen-bond donors (Lipinski definition) is 2. The summed E-state index contributed by atoms with van der Waals surface area (Å²) in [4.78, 5) is 24.8. The quantitative estimate of drug-likeness (QED) is 0.568. The summed E-state index contributed by atoms with van der Waals surface area (Å²) in [5.41, 5.74) is 2.86. The Morgan fingerprint density at radius 3 is 2.45 bits per heavy atom. The van der Waals surface area contributed by atoms with Gasteiger partial charge >= 0.3 is 0 Å². The fourth-order valence-corrected chi connectivity index (χ4v) is 4.57. The molecular formula is C23H19Cl2N3O2S. The molecule has 0 bridgehead atoms. The van der Waals surface area contributed by atoms with Gasteiger partial charge in [0.1, 0.15) is 0 Å². The van der Waals surface area contributed by atoms with Crippen molar-refractivity contribution in [1.29, 1.82) is 5.26 Å². The number of rotatable bonds is 6. The summed E-state index contributed by atoms with van der Waals surface area (Å²) in [5, 5.41) is 17.4. The summed E-state index contributed by atoms with van der Waals surface area (Å²) in [5.74, 6) is -0.852. The normalized spacial score (nSPS) is 15.9. The van der Waals surface area contributed by atoms with Gasteiger partial charge in [-0.15, -0.1) is 0 Å². The number of thioether (sulfide) groups is 1. The first-order chi connectivity index (χ1) is 14.8. The lowest BCUT2D eigenvalue weighted by Gasteiger charge is -2.29. The van der Waals surface area contributed by atoms with Gasteiger partial charge in [-0.2, -0.15) is 5.26 Å². The third-order valence-electron chi connectivity index (χ3n) is 4.73. The van der Waals surface area contributed by atoms with Crippen molar-refractivity contribution in [3.63, 3.8) is 0 Å². The lowest BCUT2D eigenvalue weighted by molar-refractivity contribution is -0.114. The van der Waals surface area contributed by atoms with Crippen LogP contribution in [0.15, 0.2) is 70.4 Å². The van der Waals surface area contributed by atoms with E-state index in [4.69, 9.17) is 23.2 Å². The fourth-order valence-electron chi connectivity index (χ4n) is 3.37. The van der Waals surface area contributed by atoms with Crippen molar-refractivity contribution >= 4 is 52.3 Å². The second-order valence-corrected chi connectivity index (χ2v) is 8.70. The van der Waals surface area contributed by atoms with Gasteiger partial charge in [0.2, 0.25) is 5.91 Å². The number of allylic oxidation sites excluding steroid dienone is 3. The summed E-state index contributed by atoms with van der Waals surface area (Å²) < 4.78 is 0. The molecule has 0 fully saturated rings. The average molecular weight is 472 g/mol. The van der Waals surface area contributed by atoms with Crippen molar-refractivity contribution in [2.24, 2.45) is 0 Å². The molecule has 0 radical (unpaired) electrons. The first-order valence-electron chi connectivity index (χ1n) is 9.37. The largest absolute Gasteiger partial charge is 0.353 e. The van der Waals surface area contributed by atoms with E-state index in [9.17, 15) is 14.9 Å². The number of halogens is 2. The van der Waals surface area contributed by atoms with Crippen LogP contribution in [0, 0.1) is 11.3 Å². The van der Waals surface area contributed by atoms with Crippen LogP contribution in [-0.2, 0) is 9.59 Å². The Morgan fingerprint density at radius 1 is 1.16 bits per heavy atom. The highest BCUT2D eigenvalue weighted by Gasteiger charge is 2.33. The molecule has 1 amide bonds. The van der Waals surface area contributed by atoms with E-state index in [-0.39, 0.29) is 17.4 Å². The molecule has 1 aliphatic heterocycles. The van der Waals surface area contributed by atoms with Gasteiger partial charge in [-0.25, -0.2) is 0 Å². The highest BCUT2D eigenvalue weighted by atomic mass is 35.5. The summed E-state index contributed by atoms with van der Waals surface area (Å²) in [6.45, 7) is 3.27. The zero-order valence-corrected chi connectivity index (χ0v) is 19.2. The lowest BCUT2D eigenvalue weighted by Crippen LogP contribution is -2.27. The molecule has 0 aliphatic carbocycles. The number of nitrogens with one attached hydrogen (secondary N) is 2.